The highest BCUT2D eigenvalue weighted by Crippen LogP contribution is 2.13. The first kappa shape index (κ1) is 18.1. The minimum Gasteiger partial charge on any atom is -0.484 e. The second-order valence-corrected chi connectivity index (χ2v) is 7.15. The van der Waals surface area contributed by atoms with Crippen LogP contribution in [-0.2, 0) is 11.3 Å². The van der Waals surface area contributed by atoms with Crippen LogP contribution in [0.25, 0.3) is 6.08 Å². The Labute approximate surface area is 163 Å². The Morgan fingerprint density at radius 1 is 1.21 bits per heavy atom. The van der Waals surface area contributed by atoms with Crippen molar-refractivity contribution >= 4 is 29.0 Å². The Hall–Kier alpha value is -3.26. The van der Waals surface area contributed by atoms with Crippen LogP contribution < -0.4 is 24.9 Å². The minimum absolute atomic E-state index is 0.0148. The summed E-state index contributed by atoms with van der Waals surface area (Å²) in [4.78, 5) is 29.2. The average Bonchev–Trinajstić information content (AvgIpc) is 3.26. The molecule has 0 fully saturated rings. The Balaban J connectivity index is 1.38. The van der Waals surface area contributed by atoms with E-state index in [0.717, 1.165) is 10.4 Å². The molecule has 3 aromatic rings. The summed E-state index contributed by atoms with van der Waals surface area (Å²) in [5.41, 5.74) is 1.35. The molecule has 1 N–H and O–H groups in total. The highest BCUT2D eigenvalue weighted by atomic mass is 32.1. The molecule has 0 aliphatic carbocycles. The molecule has 2 aromatic carbocycles. The van der Waals surface area contributed by atoms with Crippen LogP contribution in [0.4, 0.5) is 10.1 Å². The molecule has 28 heavy (non-hydrogen) atoms. The largest absolute Gasteiger partial charge is 0.484 e. The van der Waals surface area contributed by atoms with Gasteiger partial charge in [-0.3, -0.25) is 19.1 Å². The molecule has 0 atom stereocenters. The van der Waals surface area contributed by atoms with Gasteiger partial charge in [0.1, 0.15) is 11.6 Å². The first-order valence-electron chi connectivity index (χ1n) is 8.63. The Morgan fingerprint density at radius 3 is 2.68 bits per heavy atom. The molecule has 0 spiro atoms. The number of hydrogen-bond donors (Lipinski definition) is 1. The van der Waals surface area contributed by atoms with E-state index >= 15 is 0 Å². The van der Waals surface area contributed by atoms with Crippen LogP contribution in [0.2, 0.25) is 0 Å². The summed E-state index contributed by atoms with van der Waals surface area (Å²) in [6, 6.07) is 12.6. The molecule has 0 radical (unpaired) electrons. The number of benzene rings is 2. The first-order valence-corrected chi connectivity index (χ1v) is 9.44. The van der Waals surface area contributed by atoms with Gasteiger partial charge in [-0.25, -0.2) is 4.39 Å². The molecule has 1 amide bonds. The van der Waals surface area contributed by atoms with Crippen LogP contribution in [0.5, 0.6) is 5.75 Å². The molecule has 8 heteroatoms. The lowest BCUT2D eigenvalue weighted by molar-refractivity contribution is -0.118. The molecular formula is C20H16FN3O3S. The molecular weight excluding hydrogens is 381 g/mol. The summed E-state index contributed by atoms with van der Waals surface area (Å²) in [5.74, 6) is -0.172. The van der Waals surface area contributed by atoms with Crippen LogP contribution >= 0.6 is 11.3 Å². The van der Waals surface area contributed by atoms with Crippen molar-refractivity contribution in [3.05, 3.63) is 79.6 Å². The smallest absolute Gasteiger partial charge is 0.270 e. The van der Waals surface area contributed by atoms with Crippen molar-refractivity contribution in [1.82, 2.24) is 4.57 Å². The predicted octanol–water partition coefficient (Wildman–Crippen LogP) is 1.53. The maximum Gasteiger partial charge on any atom is 0.270 e. The molecule has 142 valence electrons. The molecule has 1 aromatic heterocycles. The lowest BCUT2D eigenvalue weighted by Crippen LogP contribution is -2.29. The van der Waals surface area contributed by atoms with Gasteiger partial charge in [0.2, 0.25) is 0 Å². The van der Waals surface area contributed by atoms with Gasteiger partial charge in [0, 0.05) is 12.2 Å². The first-order chi connectivity index (χ1) is 13.6. The van der Waals surface area contributed by atoms with E-state index in [2.05, 4.69) is 10.3 Å². The standard InChI is InChI=1S/C20H16FN3O3S/c21-14-3-5-15(6-4-14)23-18(25)12-27-16-7-1-13(2-8-16)11-17-19(26)24-10-9-22-20(24)28-17/h1-8,11H,9-10,12H2,(H,23,25)/b17-11+. The number of carbonyl (C=O) groups excluding carboxylic acids is 1. The van der Waals surface area contributed by atoms with Gasteiger partial charge in [0.25, 0.3) is 11.5 Å². The van der Waals surface area contributed by atoms with Gasteiger partial charge < -0.3 is 10.1 Å². The van der Waals surface area contributed by atoms with Gasteiger partial charge in [-0.05, 0) is 48.0 Å². The molecule has 0 saturated carbocycles. The number of rotatable bonds is 5. The third-order valence-electron chi connectivity index (χ3n) is 4.13. The van der Waals surface area contributed by atoms with E-state index in [0.29, 0.717) is 29.1 Å². The van der Waals surface area contributed by atoms with Gasteiger partial charge in [-0.1, -0.05) is 23.5 Å². The zero-order chi connectivity index (χ0) is 19.5. The molecule has 6 nitrogen and oxygen atoms in total. The van der Waals surface area contributed by atoms with Crippen molar-refractivity contribution in [3.8, 4) is 5.75 Å². The van der Waals surface area contributed by atoms with Gasteiger partial charge in [-0.15, -0.1) is 0 Å². The molecule has 0 unspecified atom stereocenters. The number of anilines is 1. The van der Waals surface area contributed by atoms with Gasteiger partial charge in [0.15, 0.2) is 11.4 Å². The predicted molar refractivity (Wildman–Crippen MR) is 105 cm³/mol. The molecule has 1 aliphatic rings. The van der Waals surface area contributed by atoms with E-state index in [9.17, 15) is 14.0 Å². The SMILES string of the molecule is O=C(COc1ccc(/C=c2/sc3n(c2=O)CCN=3)cc1)Nc1ccc(F)cc1. The van der Waals surface area contributed by atoms with Crippen molar-refractivity contribution in [2.24, 2.45) is 4.99 Å². The fraction of sp³-hybridized carbons (Fsp3) is 0.150. The normalized spacial score (nSPS) is 13.1. The van der Waals surface area contributed by atoms with Crippen molar-refractivity contribution in [1.29, 1.82) is 0 Å². The highest BCUT2D eigenvalue weighted by Gasteiger charge is 2.09. The number of nitrogens with zero attached hydrogens (tertiary/aromatic N) is 2. The number of fused-ring (bicyclic) bond motifs is 1. The van der Waals surface area contributed by atoms with E-state index in [-0.39, 0.29) is 23.9 Å². The number of nitrogens with one attached hydrogen (secondary N) is 1. The highest BCUT2D eigenvalue weighted by molar-refractivity contribution is 7.07. The van der Waals surface area contributed by atoms with E-state index in [1.54, 1.807) is 16.7 Å². The zero-order valence-corrected chi connectivity index (χ0v) is 15.5. The van der Waals surface area contributed by atoms with Crippen LogP contribution in [0, 0.1) is 5.82 Å². The summed E-state index contributed by atoms with van der Waals surface area (Å²) < 4.78 is 20.7. The minimum atomic E-state index is -0.365. The number of halogens is 1. The lowest BCUT2D eigenvalue weighted by Gasteiger charge is -2.07. The van der Waals surface area contributed by atoms with Gasteiger partial charge >= 0.3 is 0 Å². The summed E-state index contributed by atoms with van der Waals surface area (Å²) in [6.07, 6.45) is 1.82. The van der Waals surface area contributed by atoms with Crippen molar-refractivity contribution in [2.75, 3.05) is 18.5 Å². The van der Waals surface area contributed by atoms with Gasteiger partial charge in [-0.2, -0.15) is 0 Å². The fourth-order valence-electron chi connectivity index (χ4n) is 2.76. The number of amides is 1. The summed E-state index contributed by atoms with van der Waals surface area (Å²) >= 11 is 1.38. The van der Waals surface area contributed by atoms with Crippen molar-refractivity contribution in [2.45, 2.75) is 6.54 Å². The average molecular weight is 397 g/mol. The van der Waals surface area contributed by atoms with E-state index in [1.807, 2.05) is 18.2 Å². The zero-order valence-electron chi connectivity index (χ0n) is 14.7. The number of carbonyl (C=O) groups is 1. The third-order valence-corrected chi connectivity index (χ3v) is 5.18. The molecule has 2 heterocycles. The number of thiazole rings is 1. The second kappa shape index (κ2) is 7.77. The number of aromatic nitrogens is 1. The maximum absolute atomic E-state index is 12.9. The van der Waals surface area contributed by atoms with Gasteiger partial charge in [0.05, 0.1) is 11.1 Å². The Morgan fingerprint density at radius 2 is 1.96 bits per heavy atom. The second-order valence-electron chi connectivity index (χ2n) is 6.14. The molecule has 0 bridgehead atoms. The van der Waals surface area contributed by atoms with Crippen molar-refractivity contribution in [3.63, 3.8) is 0 Å². The number of hydrogen-bond acceptors (Lipinski definition) is 5. The van der Waals surface area contributed by atoms with Crippen LogP contribution in [0.15, 0.2) is 58.3 Å². The monoisotopic (exact) mass is 397 g/mol. The van der Waals surface area contributed by atoms with E-state index in [4.69, 9.17) is 4.74 Å². The summed E-state index contributed by atoms with van der Waals surface area (Å²) in [7, 11) is 0. The van der Waals surface area contributed by atoms with E-state index in [1.165, 1.54) is 35.6 Å². The van der Waals surface area contributed by atoms with Crippen LogP contribution in [0.3, 0.4) is 0 Å². The Kier molecular flexibility index (Phi) is 5.03. The molecule has 0 saturated heterocycles. The van der Waals surface area contributed by atoms with E-state index < -0.39 is 0 Å². The third kappa shape index (κ3) is 4.01. The Bertz CT molecular complexity index is 1180. The summed E-state index contributed by atoms with van der Waals surface area (Å²) in [5, 5.41) is 2.63. The van der Waals surface area contributed by atoms with Crippen LogP contribution in [-0.4, -0.2) is 23.6 Å². The van der Waals surface area contributed by atoms with Crippen LogP contribution in [0.1, 0.15) is 5.56 Å². The lowest BCUT2D eigenvalue weighted by atomic mass is 10.2. The fourth-order valence-corrected chi connectivity index (χ4v) is 3.79. The summed E-state index contributed by atoms with van der Waals surface area (Å²) in [6.45, 7) is 1.15. The number of ether oxygens (including phenoxy) is 1. The topological polar surface area (TPSA) is 72.7 Å². The molecule has 1 aliphatic heterocycles. The van der Waals surface area contributed by atoms with Crippen molar-refractivity contribution < 1.29 is 13.9 Å². The molecule has 4 rings (SSSR count). The maximum atomic E-state index is 12.9. The quantitative estimate of drug-likeness (QED) is 0.710.